The van der Waals surface area contributed by atoms with Crippen molar-refractivity contribution in [3.8, 4) is 0 Å². The summed E-state index contributed by atoms with van der Waals surface area (Å²) in [7, 11) is 0. The van der Waals surface area contributed by atoms with E-state index in [4.69, 9.17) is 4.84 Å². The number of aliphatic hydroxyl groups is 1. The van der Waals surface area contributed by atoms with Crippen LogP contribution >= 0.6 is 0 Å². The van der Waals surface area contributed by atoms with E-state index in [0.717, 1.165) is 0 Å². The molecule has 0 saturated carbocycles. The molecule has 0 bridgehead atoms. The Morgan fingerprint density at radius 3 is 2.53 bits per heavy atom. The zero-order valence-electron chi connectivity index (χ0n) is 12.6. The highest BCUT2D eigenvalue weighted by Gasteiger charge is 2.34. The number of oxime groups is 1. The average Bonchev–Trinajstić information content (AvgIpc) is 2.23. The SMILES string of the molecule is CCC(=NOCC(C)C)C1=C(O)CC(C)(C)CC1=O. The van der Waals surface area contributed by atoms with Gasteiger partial charge >= 0.3 is 0 Å². The summed E-state index contributed by atoms with van der Waals surface area (Å²) in [6, 6.07) is 0. The van der Waals surface area contributed by atoms with Crippen LogP contribution in [0.3, 0.4) is 0 Å². The standard InChI is InChI=1S/C15H25NO3/c1-6-11(16-19-9-10(2)3)14-12(17)7-15(4,5)8-13(14)18/h10,17H,6-9H2,1-5H3. The molecule has 0 saturated heterocycles. The Morgan fingerprint density at radius 2 is 2.05 bits per heavy atom. The predicted molar refractivity (Wildman–Crippen MR) is 76.2 cm³/mol. The van der Waals surface area contributed by atoms with Crippen LogP contribution in [0, 0.1) is 11.3 Å². The van der Waals surface area contributed by atoms with Gasteiger partial charge in [-0.05, 0) is 17.8 Å². The Kier molecular flexibility index (Phi) is 5.15. The lowest BCUT2D eigenvalue weighted by molar-refractivity contribution is -0.118. The molecule has 4 nitrogen and oxygen atoms in total. The van der Waals surface area contributed by atoms with Gasteiger partial charge in [-0.3, -0.25) is 4.79 Å². The topological polar surface area (TPSA) is 58.9 Å². The second-order valence-corrected chi connectivity index (χ2v) is 6.34. The Hall–Kier alpha value is -1.32. The van der Waals surface area contributed by atoms with E-state index >= 15 is 0 Å². The summed E-state index contributed by atoms with van der Waals surface area (Å²) in [5, 5.41) is 14.1. The number of aliphatic hydroxyl groups excluding tert-OH is 1. The Morgan fingerprint density at radius 1 is 1.42 bits per heavy atom. The molecule has 108 valence electrons. The van der Waals surface area contributed by atoms with E-state index in [1.54, 1.807) is 0 Å². The largest absolute Gasteiger partial charge is 0.511 e. The average molecular weight is 267 g/mol. The molecule has 0 aromatic heterocycles. The molecule has 0 aromatic rings. The molecule has 0 unspecified atom stereocenters. The molecule has 0 amide bonds. The first kappa shape index (κ1) is 15.7. The summed E-state index contributed by atoms with van der Waals surface area (Å²) in [6.07, 6.45) is 1.52. The second kappa shape index (κ2) is 6.22. The molecular formula is C15H25NO3. The third kappa shape index (κ3) is 4.37. The van der Waals surface area contributed by atoms with Crippen molar-refractivity contribution in [2.24, 2.45) is 16.5 Å². The first-order valence-corrected chi connectivity index (χ1v) is 6.91. The number of allylic oxidation sites excluding steroid dienone is 2. The van der Waals surface area contributed by atoms with Gasteiger partial charge in [0.1, 0.15) is 12.4 Å². The molecule has 1 aliphatic rings. The molecule has 0 atom stereocenters. The number of hydrogen-bond acceptors (Lipinski definition) is 4. The zero-order chi connectivity index (χ0) is 14.6. The smallest absolute Gasteiger partial charge is 0.168 e. The number of ketones is 1. The summed E-state index contributed by atoms with van der Waals surface area (Å²) < 4.78 is 0. The third-order valence-corrected chi connectivity index (χ3v) is 3.06. The van der Waals surface area contributed by atoms with Crippen LogP contribution in [0.15, 0.2) is 16.5 Å². The maximum atomic E-state index is 12.2. The molecule has 0 fully saturated rings. The summed E-state index contributed by atoms with van der Waals surface area (Å²) in [6.45, 7) is 10.5. The van der Waals surface area contributed by atoms with Gasteiger partial charge in [-0.2, -0.15) is 0 Å². The maximum Gasteiger partial charge on any atom is 0.168 e. The quantitative estimate of drug-likeness (QED) is 0.611. The third-order valence-electron chi connectivity index (χ3n) is 3.06. The maximum absolute atomic E-state index is 12.2. The molecule has 0 aromatic carbocycles. The zero-order valence-corrected chi connectivity index (χ0v) is 12.6. The molecule has 1 aliphatic carbocycles. The van der Waals surface area contributed by atoms with Gasteiger partial charge < -0.3 is 9.94 Å². The Balaban J connectivity index is 2.94. The van der Waals surface area contributed by atoms with E-state index in [1.807, 2.05) is 34.6 Å². The monoisotopic (exact) mass is 267 g/mol. The van der Waals surface area contributed by atoms with Crippen molar-refractivity contribution in [1.29, 1.82) is 0 Å². The lowest BCUT2D eigenvalue weighted by atomic mass is 9.75. The minimum atomic E-state index is -0.178. The highest BCUT2D eigenvalue weighted by atomic mass is 16.6. The van der Waals surface area contributed by atoms with Crippen molar-refractivity contribution in [2.75, 3.05) is 6.61 Å². The minimum Gasteiger partial charge on any atom is -0.511 e. The number of carbonyl (C=O) groups excluding carboxylic acids is 1. The van der Waals surface area contributed by atoms with Crippen molar-refractivity contribution >= 4 is 11.5 Å². The number of hydrogen-bond donors (Lipinski definition) is 1. The molecule has 0 heterocycles. The summed E-state index contributed by atoms with van der Waals surface area (Å²) in [5.41, 5.74) is 0.742. The van der Waals surface area contributed by atoms with Gasteiger partial charge in [-0.1, -0.05) is 39.8 Å². The fourth-order valence-electron chi connectivity index (χ4n) is 2.17. The van der Waals surface area contributed by atoms with Gasteiger partial charge in [-0.15, -0.1) is 0 Å². The fourth-order valence-corrected chi connectivity index (χ4v) is 2.17. The van der Waals surface area contributed by atoms with E-state index in [0.29, 0.717) is 43.1 Å². The number of rotatable bonds is 5. The highest BCUT2D eigenvalue weighted by molar-refractivity contribution is 6.23. The predicted octanol–water partition coefficient (Wildman–Crippen LogP) is 3.63. The van der Waals surface area contributed by atoms with Crippen molar-refractivity contribution in [3.63, 3.8) is 0 Å². The van der Waals surface area contributed by atoms with Crippen LogP contribution in [0.25, 0.3) is 0 Å². The lowest BCUT2D eigenvalue weighted by Gasteiger charge is -2.29. The molecule has 0 aliphatic heterocycles. The molecule has 4 heteroatoms. The van der Waals surface area contributed by atoms with E-state index in [-0.39, 0.29) is 17.0 Å². The number of carbonyl (C=O) groups is 1. The molecule has 19 heavy (non-hydrogen) atoms. The van der Waals surface area contributed by atoms with Gasteiger partial charge in [0.05, 0.1) is 11.3 Å². The molecular weight excluding hydrogens is 242 g/mol. The van der Waals surface area contributed by atoms with E-state index in [2.05, 4.69) is 5.16 Å². The summed E-state index contributed by atoms with van der Waals surface area (Å²) in [4.78, 5) is 17.4. The van der Waals surface area contributed by atoms with Crippen LogP contribution in [0.5, 0.6) is 0 Å². The summed E-state index contributed by atoms with van der Waals surface area (Å²) >= 11 is 0. The van der Waals surface area contributed by atoms with Crippen molar-refractivity contribution in [1.82, 2.24) is 0 Å². The fraction of sp³-hybridized carbons (Fsp3) is 0.733. The highest BCUT2D eigenvalue weighted by Crippen LogP contribution is 2.36. The molecule has 0 spiro atoms. The van der Waals surface area contributed by atoms with Gasteiger partial charge in [0.2, 0.25) is 0 Å². The number of Topliss-reactive ketones (excluding diaryl/α,β-unsaturated/α-hetero) is 1. The van der Waals surface area contributed by atoms with Gasteiger partial charge in [0.15, 0.2) is 5.78 Å². The first-order valence-electron chi connectivity index (χ1n) is 6.91. The number of nitrogens with zero attached hydrogens (tertiary/aromatic N) is 1. The van der Waals surface area contributed by atoms with Gasteiger partial charge in [0.25, 0.3) is 0 Å². The van der Waals surface area contributed by atoms with E-state index in [9.17, 15) is 9.90 Å². The van der Waals surface area contributed by atoms with Crippen LogP contribution in [0.1, 0.15) is 53.9 Å². The van der Waals surface area contributed by atoms with Crippen LogP contribution in [-0.4, -0.2) is 23.2 Å². The molecule has 0 radical (unpaired) electrons. The molecule has 1 rings (SSSR count). The van der Waals surface area contributed by atoms with Crippen molar-refractivity contribution < 1.29 is 14.7 Å². The Labute approximate surface area is 115 Å². The van der Waals surface area contributed by atoms with Crippen molar-refractivity contribution in [2.45, 2.75) is 53.9 Å². The van der Waals surface area contributed by atoms with Crippen LogP contribution < -0.4 is 0 Å². The molecule has 1 N–H and O–H groups in total. The lowest BCUT2D eigenvalue weighted by Crippen LogP contribution is -2.29. The first-order chi connectivity index (χ1) is 8.76. The van der Waals surface area contributed by atoms with Crippen molar-refractivity contribution in [3.05, 3.63) is 11.3 Å². The van der Waals surface area contributed by atoms with Gasteiger partial charge in [-0.25, -0.2) is 0 Å². The second-order valence-electron chi connectivity index (χ2n) is 6.34. The van der Waals surface area contributed by atoms with Crippen LogP contribution in [-0.2, 0) is 9.63 Å². The van der Waals surface area contributed by atoms with Crippen LogP contribution in [0.4, 0.5) is 0 Å². The van der Waals surface area contributed by atoms with Crippen LogP contribution in [0.2, 0.25) is 0 Å². The Bertz CT molecular complexity index is 406. The summed E-state index contributed by atoms with van der Waals surface area (Å²) in [5.74, 6) is 0.489. The van der Waals surface area contributed by atoms with E-state index < -0.39 is 0 Å². The van der Waals surface area contributed by atoms with Gasteiger partial charge in [0, 0.05) is 12.8 Å². The normalized spacial score (nSPS) is 20.1. The minimum absolute atomic E-state index is 0.0394. The van der Waals surface area contributed by atoms with E-state index in [1.165, 1.54) is 0 Å².